The van der Waals surface area contributed by atoms with Gasteiger partial charge in [0.25, 0.3) is 0 Å². The lowest BCUT2D eigenvalue weighted by molar-refractivity contribution is -0.137. The van der Waals surface area contributed by atoms with Crippen LogP contribution in [0.2, 0.25) is 0 Å². The minimum absolute atomic E-state index is 0. The Morgan fingerprint density at radius 3 is 2.64 bits per heavy atom. The summed E-state index contributed by atoms with van der Waals surface area (Å²) in [6.45, 7) is 9.47. The second kappa shape index (κ2) is 11.8. The highest BCUT2D eigenvalue weighted by Crippen LogP contribution is 2.32. The van der Waals surface area contributed by atoms with Crippen LogP contribution in [0, 0.1) is 0 Å². The third-order valence-corrected chi connectivity index (χ3v) is 4.77. The molecule has 1 aromatic rings. The van der Waals surface area contributed by atoms with Crippen LogP contribution in [0.15, 0.2) is 29.3 Å². The first-order valence-corrected chi connectivity index (χ1v) is 9.35. The molecular formula is C19H30F3IN4O. The minimum Gasteiger partial charge on any atom is -0.370 e. The zero-order valence-corrected chi connectivity index (χ0v) is 19.0. The van der Waals surface area contributed by atoms with Gasteiger partial charge in [-0.25, -0.2) is 0 Å². The van der Waals surface area contributed by atoms with Gasteiger partial charge in [-0.15, -0.1) is 24.0 Å². The fourth-order valence-corrected chi connectivity index (χ4v) is 3.16. The lowest BCUT2D eigenvalue weighted by Gasteiger charge is -2.35. The van der Waals surface area contributed by atoms with Crippen LogP contribution in [-0.2, 0) is 10.9 Å². The Kier molecular flexibility index (Phi) is 10.5. The van der Waals surface area contributed by atoms with Crippen molar-refractivity contribution in [3.05, 3.63) is 35.4 Å². The summed E-state index contributed by atoms with van der Waals surface area (Å²) in [4.78, 5) is 8.67. The van der Waals surface area contributed by atoms with E-state index in [1.807, 2.05) is 4.90 Å². The van der Waals surface area contributed by atoms with Crippen molar-refractivity contribution in [2.24, 2.45) is 4.99 Å². The van der Waals surface area contributed by atoms with Crippen molar-refractivity contribution >= 4 is 29.9 Å². The van der Waals surface area contributed by atoms with Gasteiger partial charge in [0.2, 0.25) is 0 Å². The largest absolute Gasteiger partial charge is 0.416 e. The Morgan fingerprint density at radius 1 is 1.32 bits per heavy atom. The summed E-state index contributed by atoms with van der Waals surface area (Å²) >= 11 is 0. The molecule has 0 bridgehead atoms. The van der Waals surface area contributed by atoms with Crippen LogP contribution in [0.3, 0.4) is 0 Å². The lowest BCUT2D eigenvalue weighted by atomic mass is 10.0. The number of halogens is 4. The second-order valence-corrected chi connectivity index (χ2v) is 6.43. The van der Waals surface area contributed by atoms with Gasteiger partial charge in [-0.2, -0.15) is 13.2 Å². The van der Waals surface area contributed by atoms with Crippen LogP contribution in [0.1, 0.15) is 31.1 Å². The monoisotopic (exact) mass is 514 g/mol. The first-order valence-electron chi connectivity index (χ1n) is 9.35. The van der Waals surface area contributed by atoms with E-state index in [1.54, 1.807) is 13.1 Å². The summed E-state index contributed by atoms with van der Waals surface area (Å²) in [5, 5.41) is 3.34. The molecule has 1 fully saturated rings. The number of benzene rings is 1. The van der Waals surface area contributed by atoms with Crippen LogP contribution < -0.4 is 5.32 Å². The van der Waals surface area contributed by atoms with Gasteiger partial charge in [-0.05, 0) is 30.8 Å². The van der Waals surface area contributed by atoms with Gasteiger partial charge in [0.05, 0.1) is 18.7 Å². The van der Waals surface area contributed by atoms with Crippen LogP contribution in [0.25, 0.3) is 0 Å². The molecule has 0 spiro atoms. The number of ether oxygens (including phenoxy) is 1. The molecule has 2 rings (SSSR count). The normalized spacial score (nSPS) is 18.2. The fourth-order valence-electron chi connectivity index (χ4n) is 3.16. The van der Waals surface area contributed by atoms with Gasteiger partial charge in [0.1, 0.15) is 6.10 Å². The summed E-state index contributed by atoms with van der Waals surface area (Å²) in [6, 6.07) is 5.36. The van der Waals surface area contributed by atoms with E-state index in [2.05, 4.69) is 29.1 Å². The molecule has 1 aliphatic heterocycles. The molecule has 1 aromatic carbocycles. The molecule has 1 atom stereocenters. The van der Waals surface area contributed by atoms with Crippen LogP contribution in [-0.4, -0.2) is 68.7 Å². The zero-order valence-electron chi connectivity index (χ0n) is 16.6. The molecule has 0 aromatic heterocycles. The lowest BCUT2D eigenvalue weighted by Crippen LogP contribution is -2.49. The molecule has 28 heavy (non-hydrogen) atoms. The Bertz CT molecular complexity index is 623. The maximum absolute atomic E-state index is 13.0. The highest BCUT2D eigenvalue weighted by Gasteiger charge is 2.32. The van der Waals surface area contributed by atoms with Gasteiger partial charge < -0.3 is 19.9 Å². The zero-order chi connectivity index (χ0) is 19.9. The average Bonchev–Trinajstić information content (AvgIpc) is 2.68. The SMILES string of the molecule is CCN(CC)CCNC(=NC)N1CCOC(c2cccc(C(F)(F)F)c2)C1.I. The van der Waals surface area contributed by atoms with E-state index in [4.69, 9.17) is 4.74 Å². The van der Waals surface area contributed by atoms with Gasteiger partial charge >= 0.3 is 6.18 Å². The third-order valence-electron chi connectivity index (χ3n) is 4.77. The van der Waals surface area contributed by atoms with E-state index in [0.717, 1.165) is 38.2 Å². The quantitative estimate of drug-likeness (QED) is 0.358. The van der Waals surface area contributed by atoms with E-state index < -0.39 is 17.8 Å². The van der Waals surface area contributed by atoms with Crippen molar-refractivity contribution in [3.8, 4) is 0 Å². The third kappa shape index (κ3) is 7.07. The van der Waals surface area contributed by atoms with E-state index >= 15 is 0 Å². The molecule has 1 heterocycles. The number of hydrogen-bond acceptors (Lipinski definition) is 3. The summed E-state index contributed by atoms with van der Waals surface area (Å²) in [5.41, 5.74) is -0.115. The Balaban J connectivity index is 0.00000392. The predicted molar refractivity (Wildman–Crippen MR) is 116 cm³/mol. The van der Waals surface area contributed by atoms with E-state index in [0.29, 0.717) is 25.3 Å². The maximum atomic E-state index is 13.0. The Labute approximate surface area is 182 Å². The summed E-state index contributed by atoms with van der Waals surface area (Å²) in [7, 11) is 1.72. The van der Waals surface area contributed by atoms with Gasteiger partial charge in [0.15, 0.2) is 5.96 Å². The molecule has 0 radical (unpaired) electrons. The van der Waals surface area contributed by atoms with E-state index in [1.165, 1.54) is 12.1 Å². The molecule has 9 heteroatoms. The molecule has 0 amide bonds. The number of nitrogens with zero attached hydrogens (tertiary/aromatic N) is 3. The van der Waals surface area contributed by atoms with Crippen LogP contribution in [0.5, 0.6) is 0 Å². The molecule has 1 N–H and O–H groups in total. The number of likely N-dealkylation sites (N-methyl/N-ethyl adjacent to an activating group) is 1. The summed E-state index contributed by atoms with van der Waals surface area (Å²) in [6.07, 6.45) is -4.77. The fraction of sp³-hybridized carbons (Fsp3) is 0.632. The van der Waals surface area contributed by atoms with Gasteiger partial charge in [0, 0.05) is 26.7 Å². The smallest absolute Gasteiger partial charge is 0.370 e. The minimum atomic E-state index is -4.35. The topological polar surface area (TPSA) is 40.1 Å². The van der Waals surface area contributed by atoms with Gasteiger partial charge in [-0.1, -0.05) is 26.0 Å². The van der Waals surface area contributed by atoms with Crippen molar-refractivity contribution in [1.29, 1.82) is 0 Å². The molecule has 0 saturated carbocycles. The molecule has 1 unspecified atom stereocenters. The average molecular weight is 514 g/mol. The number of hydrogen-bond donors (Lipinski definition) is 1. The first-order chi connectivity index (χ1) is 12.9. The molecular weight excluding hydrogens is 484 g/mol. The molecule has 0 aliphatic carbocycles. The standard InChI is InChI=1S/C19H29F3N4O.HI/c1-4-25(5-2)10-9-24-18(23-3)26-11-12-27-17(14-26)15-7-6-8-16(13-15)19(20,21)22;/h6-8,13,17H,4-5,9-12,14H2,1-3H3,(H,23,24);1H. The number of guanidine groups is 1. The number of alkyl halides is 3. The molecule has 160 valence electrons. The van der Waals surface area contributed by atoms with Crippen molar-refractivity contribution in [2.75, 3.05) is 52.9 Å². The maximum Gasteiger partial charge on any atom is 0.416 e. The summed E-state index contributed by atoms with van der Waals surface area (Å²) in [5.74, 6) is 0.752. The van der Waals surface area contributed by atoms with Crippen LogP contribution in [0.4, 0.5) is 13.2 Å². The van der Waals surface area contributed by atoms with Crippen molar-refractivity contribution in [2.45, 2.75) is 26.1 Å². The predicted octanol–water partition coefficient (Wildman–Crippen LogP) is 3.61. The van der Waals surface area contributed by atoms with E-state index in [-0.39, 0.29) is 24.0 Å². The highest BCUT2D eigenvalue weighted by molar-refractivity contribution is 14.0. The van der Waals surface area contributed by atoms with Crippen molar-refractivity contribution < 1.29 is 17.9 Å². The Hall–Kier alpha value is -1.07. The molecule has 5 nitrogen and oxygen atoms in total. The van der Waals surface area contributed by atoms with Gasteiger partial charge in [-0.3, -0.25) is 4.99 Å². The van der Waals surface area contributed by atoms with Crippen molar-refractivity contribution in [1.82, 2.24) is 15.1 Å². The number of aliphatic imine (C=N–C) groups is 1. The number of nitrogens with one attached hydrogen (secondary N) is 1. The second-order valence-electron chi connectivity index (χ2n) is 6.43. The number of morpholine rings is 1. The van der Waals surface area contributed by atoms with Crippen LogP contribution >= 0.6 is 24.0 Å². The molecule has 1 aliphatic rings. The Morgan fingerprint density at radius 2 is 2.04 bits per heavy atom. The number of rotatable bonds is 6. The molecule has 1 saturated heterocycles. The van der Waals surface area contributed by atoms with Crippen molar-refractivity contribution in [3.63, 3.8) is 0 Å². The summed E-state index contributed by atoms with van der Waals surface area (Å²) < 4.78 is 44.7. The first kappa shape index (κ1) is 25.0. The van der Waals surface area contributed by atoms with E-state index in [9.17, 15) is 13.2 Å². The highest BCUT2D eigenvalue weighted by atomic mass is 127.